The van der Waals surface area contributed by atoms with Crippen molar-refractivity contribution >= 4 is 23.6 Å². The maximum atomic E-state index is 12.1. The molecule has 112 valence electrons. The molecule has 3 amide bonds. The van der Waals surface area contributed by atoms with Crippen molar-refractivity contribution in [3.63, 3.8) is 0 Å². The van der Waals surface area contributed by atoms with Gasteiger partial charge in [0.05, 0.1) is 0 Å². The molecule has 1 aromatic rings. The van der Waals surface area contributed by atoms with E-state index in [1.54, 1.807) is 12.1 Å². The predicted octanol–water partition coefficient (Wildman–Crippen LogP) is 1.11. The summed E-state index contributed by atoms with van der Waals surface area (Å²) in [6.07, 6.45) is 2.05. The molecule has 7 nitrogen and oxygen atoms in total. The molecule has 0 radical (unpaired) electrons. The number of primary amides is 1. The molecule has 1 fully saturated rings. The van der Waals surface area contributed by atoms with Gasteiger partial charge in [-0.1, -0.05) is 0 Å². The summed E-state index contributed by atoms with van der Waals surface area (Å²) in [5, 5.41) is 11.5. The monoisotopic (exact) mass is 291 g/mol. The number of carbonyl (C=O) groups excluding carboxylic acids is 2. The molecule has 1 saturated carbocycles. The molecular weight excluding hydrogens is 274 g/mol. The third kappa shape index (κ3) is 4.48. The van der Waals surface area contributed by atoms with E-state index in [2.05, 4.69) is 5.32 Å². The standard InChI is InChI=1S/C14H17N3O4/c15-13(20)10-3-5-11(6-4-10)16-14(21)17(8-12(18)19)7-9-1-2-9/h3-6,9H,1-2,7-8H2,(H2,15,20)(H,16,21)(H,18,19). The second-order valence-electron chi connectivity index (χ2n) is 5.09. The van der Waals surface area contributed by atoms with Gasteiger partial charge in [-0.25, -0.2) is 4.79 Å². The number of benzene rings is 1. The third-order valence-corrected chi connectivity index (χ3v) is 3.21. The van der Waals surface area contributed by atoms with Crippen LogP contribution in [0.15, 0.2) is 24.3 Å². The Labute approximate surface area is 121 Å². The maximum Gasteiger partial charge on any atom is 0.323 e. The van der Waals surface area contributed by atoms with Gasteiger partial charge >= 0.3 is 12.0 Å². The van der Waals surface area contributed by atoms with Crippen molar-refractivity contribution < 1.29 is 19.5 Å². The van der Waals surface area contributed by atoms with E-state index in [0.717, 1.165) is 12.8 Å². The van der Waals surface area contributed by atoms with Gasteiger partial charge in [-0.15, -0.1) is 0 Å². The van der Waals surface area contributed by atoms with Crippen LogP contribution < -0.4 is 11.1 Å². The van der Waals surface area contributed by atoms with Gasteiger partial charge in [0.25, 0.3) is 0 Å². The van der Waals surface area contributed by atoms with Crippen molar-refractivity contribution in [3.05, 3.63) is 29.8 Å². The van der Waals surface area contributed by atoms with Crippen LogP contribution in [0.3, 0.4) is 0 Å². The van der Waals surface area contributed by atoms with Gasteiger partial charge in [-0.2, -0.15) is 0 Å². The maximum absolute atomic E-state index is 12.1. The Kier molecular flexibility index (Phi) is 4.42. The molecule has 0 heterocycles. The minimum absolute atomic E-state index is 0.332. The molecule has 2 rings (SSSR count). The second kappa shape index (κ2) is 6.25. The number of hydrogen-bond donors (Lipinski definition) is 3. The van der Waals surface area contributed by atoms with E-state index in [-0.39, 0.29) is 6.54 Å². The van der Waals surface area contributed by atoms with Gasteiger partial charge in [0.1, 0.15) is 6.54 Å². The fourth-order valence-corrected chi connectivity index (χ4v) is 1.91. The van der Waals surface area contributed by atoms with Crippen molar-refractivity contribution in [2.75, 3.05) is 18.4 Å². The van der Waals surface area contributed by atoms with Gasteiger partial charge in [0, 0.05) is 17.8 Å². The van der Waals surface area contributed by atoms with Gasteiger partial charge in [0.15, 0.2) is 0 Å². The summed E-state index contributed by atoms with van der Waals surface area (Å²) in [5.41, 5.74) is 5.95. The molecule has 1 aliphatic carbocycles. The topological polar surface area (TPSA) is 113 Å². The Morgan fingerprint density at radius 3 is 2.33 bits per heavy atom. The van der Waals surface area contributed by atoms with Crippen LogP contribution in [0.1, 0.15) is 23.2 Å². The minimum Gasteiger partial charge on any atom is -0.480 e. The molecule has 0 spiro atoms. The zero-order valence-electron chi connectivity index (χ0n) is 11.4. The van der Waals surface area contributed by atoms with E-state index in [1.807, 2.05) is 0 Å². The van der Waals surface area contributed by atoms with Crippen molar-refractivity contribution in [2.45, 2.75) is 12.8 Å². The molecule has 21 heavy (non-hydrogen) atoms. The number of anilines is 1. The van der Waals surface area contributed by atoms with Gasteiger partial charge < -0.3 is 21.1 Å². The molecule has 0 unspecified atom stereocenters. The van der Waals surface area contributed by atoms with E-state index < -0.39 is 17.9 Å². The van der Waals surface area contributed by atoms with E-state index >= 15 is 0 Å². The minimum atomic E-state index is -1.05. The van der Waals surface area contributed by atoms with Gasteiger partial charge in [0.2, 0.25) is 5.91 Å². The number of aliphatic carboxylic acids is 1. The number of hydrogen-bond acceptors (Lipinski definition) is 3. The zero-order valence-corrected chi connectivity index (χ0v) is 11.4. The van der Waals surface area contributed by atoms with Gasteiger partial charge in [-0.05, 0) is 43.0 Å². The number of nitrogens with zero attached hydrogens (tertiary/aromatic N) is 1. The Balaban J connectivity index is 1.99. The number of carboxylic acids is 1. The van der Waals surface area contributed by atoms with Crippen LogP contribution in [0.4, 0.5) is 10.5 Å². The fourth-order valence-electron chi connectivity index (χ4n) is 1.91. The highest BCUT2D eigenvalue weighted by molar-refractivity contribution is 5.94. The molecule has 0 aromatic heterocycles. The summed E-state index contributed by atoms with van der Waals surface area (Å²) >= 11 is 0. The first kappa shape index (κ1) is 14.8. The highest BCUT2D eigenvalue weighted by Gasteiger charge is 2.28. The number of carboxylic acid groups (broad SMARTS) is 1. The summed E-state index contributed by atoms with van der Waals surface area (Å²) in [6, 6.07) is 5.64. The smallest absolute Gasteiger partial charge is 0.323 e. The molecular formula is C14H17N3O4. The summed E-state index contributed by atoms with van der Waals surface area (Å²) in [6.45, 7) is 0.110. The average Bonchev–Trinajstić information content (AvgIpc) is 3.22. The Morgan fingerprint density at radius 2 is 1.86 bits per heavy atom. The van der Waals surface area contributed by atoms with Crippen molar-refractivity contribution in [3.8, 4) is 0 Å². The first-order valence-corrected chi connectivity index (χ1v) is 6.63. The van der Waals surface area contributed by atoms with Crippen molar-refractivity contribution in [2.24, 2.45) is 11.7 Å². The number of nitrogens with two attached hydrogens (primary N) is 1. The number of amides is 3. The number of carbonyl (C=O) groups is 3. The Morgan fingerprint density at radius 1 is 1.24 bits per heavy atom. The van der Waals surface area contributed by atoms with Gasteiger partial charge in [-0.3, -0.25) is 9.59 Å². The molecule has 0 saturated heterocycles. The van der Waals surface area contributed by atoms with Crippen molar-refractivity contribution in [1.82, 2.24) is 4.90 Å². The van der Waals surface area contributed by atoms with Crippen molar-refractivity contribution in [1.29, 1.82) is 0 Å². The third-order valence-electron chi connectivity index (χ3n) is 3.21. The SMILES string of the molecule is NC(=O)c1ccc(NC(=O)N(CC(=O)O)CC2CC2)cc1. The summed E-state index contributed by atoms with van der Waals surface area (Å²) in [5.74, 6) is -1.20. The van der Waals surface area contributed by atoms with Crippen LogP contribution in [-0.2, 0) is 4.79 Å². The molecule has 1 aromatic carbocycles. The Hall–Kier alpha value is -2.57. The number of nitrogens with one attached hydrogen (secondary N) is 1. The molecule has 0 atom stereocenters. The summed E-state index contributed by atoms with van der Waals surface area (Å²) < 4.78 is 0. The van der Waals surface area contributed by atoms with Crippen LogP contribution in [0.5, 0.6) is 0 Å². The molecule has 0 aliphatic heterocycles. The zero-order chi connectivity index (χ0) is 15.4. The van der Waals surface area contributed by atoms with E-state index in [1.165, 1.54) is 17.0 Å². The predicted molar refractivity (Wildman–Crippen MR) is 75.9 cm³/mol. The normalized spacial score (nSPS) is 13.5. The second-order valence-corrected chi connectivity index (χ2v) is 5.09. The first-order chi connectivity index (χ1) is 9.95. The molecule has 1 aliphatic rings. The number of rotatable bonds is 6. The van der Waals surface area contributed by atoms with Crippen LogP contribution in [0, 0.1) is 5.92 Å². The molecule has 0 bridgehead atoms. The van der Waals surface area contributed by atoms with Crippen LogP contribution in [0.25, 0.3) is 0 Å². The largest absolute Gasteiger partial charge is 0.480 e. The lowest BCUT2D eigenvalue weighted by Crippen LogP contribution is -2.40. The highest BCUT2D eigenvalue weighted by atomic mass is 16.4. The lowest BCUT2D eigenvalue weighted by atomic mass is 10.2. The van der Waals surface area contributed by atoms with E-state index in [0.29, 0.717) is 23.7 Å². The molecule has 7 heteroatoms. The lowest BCUT2D eigenvalue weighted by Gasteiger charge is -2.21. The van der Waals surface area contributed by atoms with Crippen LogP contribution >= 0.6 is 0 Å². The lowest BCUT2D eigenvalue weighted by molar-refractivity contribution is -0.137. The highest BCUT2D eigenvalue weighted by Crippen LogP contribution is 2.29. The summed E-state index contributed by atoms with van der Waals surface area (Å²) in [7, 11) is 0. The van der Waals surface area contributed by atoms with Crippen LogP contribution in [0.2, 0.25) is 0 Å². The fraction of sp³-hybridized carbons (Fsp3) is 0.357. The van der Waals surface area contributed by atoms with E-state index in [9.17, 15) is 14.4 Å². The average molecular weight is 291 g/mol. The quantitative estimate of drug-likeness (QED) is 0.728. The summed E-state index contributed by atoms with van der Waals surface area (Å²) in [4.78, 5) is 35.1. The molecule has 4 N–H and O–H groups in total. The first-order valence-electron chi connectivity index (χ1n) is 6.63. The Bertz CT molecular complexity index is 552. The van der Waals surface area contributed by atoms with Crippen LogP contribution in [-0.4, -0.2) is 41.0 Å². The van der Waals surface area contributed by atoms with E-state index in [4.69, 9.17) is 10.8 Å². The number of urea groups is 1.